The maximum Gasteiger partial charge on any atom is 0.0741 e. The van der Waals surface area contributed by atoms with Gasteiger partial charge in [-0.05, 0) is 51.0 Å². The number of rotatable bonds is 6. The third kappa shape index (κ3) is 4.43. The Balaban J connectivity index is 1.87. The van der Waals surface area contributed by atoms with E-state index in [1.54, 1.807) is 7.11 Å². The van der Waals surface area contributed by atoms with Crippen LogP contribution in [0.25, 0.3) is 0 Å². The highest BCUT2D eigenvalue weighted by Gasteiger charge is 2.16. The molecule has 0 saturated heterocycles. The molecule has 0 amide bonds. The molecule has 1 N–H and O–H groups in total. The Hall–Kier alpha value is -0.670. The van der Waals surface area contributed by atoms with Crippen molar-refractivity contribution in [3.63, 3.8) is 0 Å². The minimum Gasteiger partial charge on any atom is -0.380 e. The predicted octanol–water partition coefficient (Wildman–Crippen LogP) is 4.56. The van der Waals surface area contributed by atoms with Gasteiger partial charge >= 0.3 is 0 Å². The summed E-state index contributed by atoms with van der Waals surface area (Å²) >= 11 is 2.04. The molecule has 3 heteroatoms. The fourth-order valence-electron chi connectivity index (χ4n) is 2.41. The summed E-state index contributed by atoms with van der Waals surface area (Å²) in [7, 11) is 1.75. The second kappa shape index (κ2) is 7.20. The van der Waals surface area contributed by atoms with E-state index in [4.69, 9.17) is 4.74 Å². The molecule has 1 aliphatic carbocycles. The summed E-state index contributed by atoms with van der Waals surface area (Å²) in [5, 5.41) is 4.32. The smallest absolute Gasteiger partial charge is 0.0741 e. The van der Waals surface area contributed by atoms with Crippen molar-refractivity contribution in [1.82, 2.24) is 0 Å². The molecule has 19 heavy (non-hydrogen) atoms. The lowest BCUT2D eigenvalue weighted by Crippen LogP contribution is -2.29. The summed E-state index contributed by atoms with van der Waals surface area (Å²) in [5.41, 5.74) is 1.17. The van der Waals surface area contributed by atoms with Crippen LogP contribution in [0.1, 0.15) is 39.5 Å². The number of nitrogens with one attached hydrogen (secondary N) is 1. The molecule has 1 saturated carbocycles. The quantitative estimate of drug-likeness (QED) is 0.825. The van der Waals surface area contributed by atoms with Gasteiger partial charge < -0.3 is 10.1 Å². The van der Waals surface area contributed by atoms with Gasteiger partial charge in [0.15, 0.2) is 0 Å². The Bertz CT molecular complexity index is 373. The number of ether oxygens (including phenoxy) is 1. The third-order valence-corrected chi connectivity index (χ3v) is 5.28. The standard InChI is InChI=1S/C16H25NOS/c1-12(13(2)18-3)17-14-8-10-16(11-9-14)19-15-6-4-5-7-15/h8-13,15,17H,4-7H2,1-3H3. The number of thioether (sulfide) groups is 1. The molecular formula is C16H25NOS. The molecule has 1 fully saturated rings. The fourth-order valence-corrected chi connectivity index (χ4v) is 3.66. The summed E-state index contributed by atoms with van der Waals surface area (Å²) in [6.45, 7) is 4.23. The van der Waals surface area contributed by atoms with Crippen LogP contribution in [0.4, 0.5) is 5.69 Å². The van der Waals surface area contributed by atoms with Crippen molar-refractivity contribution in [1.29, 1.82) is 0 Å². The van der Waals surface area contributed by atoms with Crippen LogP contribution in [-0.4, -0.2) is 24.5 Å². The first-order chi connectivity index (χ1) is 9.19. The molecule has 1 aromatic carbocycles. The molecule has 2 nitrogen and oxygen atoms in total. The molecule has 0 spiro atoms. The van der Waals surface area contributed by atoms with Crippen molar-refractivity contribution < 1.29 is 4.74 Å². The molecule has 2 rings (SSSR count). The molecule has 0 bridgehead atoms. The van der Waals surface area contributed by atoms with E-state index in [1.807, 2.05) is 11.8 Å². The molecular weight excluding hydrogens is 254 g/mol. The van der Waals surface area contributed by atoms with Gasteiger partial charge in [0, 0.05) is 29.0 Å². The Morgan fingerprint density at radius 3 is 2.37 bits per heavy atom. The van der Waals surface area contributed by atoms with E-state index in [0.29, 0.717) is 6.04 Å². The monoisotopic (exact) mass is 279 g/mol. The van der Waals surface area contributed by atoms with Crippen molar-refractivity contribution >= 4 is 17.4 Å². The van der Waals surface area contributed by atoms with Gasteiger partial charge in [-0.3, -0.25) is 0 Å². The number of hydrogen-bond acceptors (Lipinski definition) is 3. The average molecular weight is 279 g/mol. The second-order valence-corrected chi connectivity index (χ2v) is 6.80. The average Bonchev–Trinajstić information content (AvgIpc) is 2.93. The van der Waals surface area contributed by atoms with Gasteiger partial charge in [-0.25, -0.2) is 0 Å². The molecule has 1 aromatic rings. The third-order valence-electron chi connectivity index (χ3n) is 3.93. The van der Waals surface area contributed by atoms with Gasteiger partial charge in [-0.1, -0.05) is 12.8 Å². The summed E-state index contributed by atoms with van der Waals surface area (Å²) in [6.07, 6.45) is 5.79. The minimum absolute atomic E-state index is 0.215. The van der Waals surface area contributed by atoms with Gasteiger partial charge in [0.1, 0.15) is 0 Å². The van der Waals surface area contributed by atoms with Gasteiger partial charge in [0.25, 0.3) is 0 Å². The molecule has 0 heterocycles. The maximum atomic E-state index is 5.33. The van der Waals surface area contributed by atoms with E-state index >= 15 is 0 Å². The van der Waals surface area contributed by atoms with Crippen molar-refractivity contribution in [2.75, 3.05) is 12.4 Å². The molecule has 2 unspecified atom stereocenters. The van der Waals surface area contributed by atoms with E-state index in [9.17, 15) is 0 Å². The minimum atomic E-state index is 0.215. The first kappa shape index (κ1) is 14.7. The number of methoxy groups -OCH3 is 1. The summed E-state index contributed by atoms with van der Waals surface area (Å²) in [6, 6.07) is 9.13. The van der Waals surface area contributed by atoms with Gasteiger partial charge in [0.2, 0.25) is 0 Å². The van der Waals surface area contributed by atoms with Crippen molar-refractivity contribution in [2.24, 2.45) is 0 Å². The van der Waals surface area contributed by atoms with Gasteiger partial charge in [-0.2, -0.15) is 0 Å². The van der Waals surface area contributed by atoms with Crippen LogP contribution in [0, 0.1) is 0 Å². The summed E-state index contributed by atoms with van der Waals surface area (Å²) in [4.78, 5) is 1.39. The molecule has 0 aliphatic heterocycles. The highest BCUT2D eigenvalue weighted by atomic mass is 32.2. The number of anilines is 1. The zero-order valence-electron chi connectivity index (χ0n) is 12.2. The lowest BCUT2D eigenvalue weighted by Gasteiger charge is -2.21. The molecule has 0 aromatic heterocycles. The normalized spacial score (nSPS) is 19.3. The Kier molecular flexibility index (Phi) is 5.59. The Morgan fingerprint density at radius 1 is 1.16 bits per heavy atom. The highest BCUT2D eigenvalue weighted by Crippen LogP contribution is 2.34. The van der Waals surface area contributed by atoms with E-state index in [1.165, 1.54) is 36.3 Å². The van der Waals surface area contributed by atoms with Crippen LogP contribution in [0.2, 0.25) is 0 Å². The topological polar surface area (TPSA) is 21.3 Å². The molecule has 106 valence electrons. The SMILES string of the molecule is COC(C)C(C)Nc1ccc(SC2CCCC2)cc1. The fraction of sp³-hybridized carbons (Fsp3) is 0.625. The highest BCUT2D eigenvalue weighted by molar-refractivity contribution is 8.00. The zero-order chi connectivity index (χ0) is 13.7. The maximum absolute atomic E-state index is 5.33. The lowest BCUT2D eigenvalue weighted by atomic mass is 10.2. The van der Waals surface area contributed by atoms with Crippen LogP contribution in [-0.2, 0) is 4.74 Å². The van der Waals surface area contributed by atoms with Crippen molar-refractivity contribution in [3.8, 4) is 0 Å². The first-order valence-corrected chi connectivity index (χ1v) is 8.13. The van der Waals surface area contributed by atoms with E-state index < -0.39 is 0 Å². The number of hydrogen-bond donors (Lipinski definition) is 1. The Morgan fingerprint density at radius 2 is 1.79 bits per heavy atom. The Labute approximate surface area is 121 Å². The lowest BCUT2D eigenvalue weighted by molar-refractivity contribution is 0.106. The van der Waals surface area contributed by atoms with Crippen LogP contribution in [0.15, 0.2) is 29.2 Å². The van der Waals surface area contributed by atoms with Crippen LogP contribution in [0.3, 0.4) is 0 Å². The molecule has 2 atom stereocenters. The number of benzene rings is 1. The van der Waals surface area contributed by atoms with Crippen molar-refractivity contribution in [3.05, 3.63) is 24.3 Å². The first-order valence-electron chi connectivity index (χ1n) is 7.25. The largest absolute Gasteiger partial charge is 0.380 e. The second-order valence-electron chi connectivity index (χ2n) is 5.42. The summed E-state index contributed by atoms with van der Waals surface area (Å²) in [5.74, 6) is 0. The van der Waals surface area contributed by atoms with E-state index in [2.05, 4.69) is 43.4 Å². The zero-order valence-corrected chi connectivity index (χ0v) is 13.0. The van der Waals surface area contributed by atoms with E-state index in [0.717, 1.165) is 5.25 Å². The van der Waals surface area contributed by atoms with Crippen LogP contribution in [0.5, 0.6) is 0 Å². The van der Waals surface area contributed by atoms with Crippen molar-refractivity contribution in [2.45, 2.75) is 61.8 Å². The predicted molar refractivity (Wildman–Crippen MR) is 84.1 cm³/mol. The molecule has 1 aliphatic rings. The molecule has 0 radical (unpaired) electrons. The van der Waals surface area contributed by atoms with Crippen LogP contribution < -0.4 is 5.32 Å². The van der Waals surface area contributed by atoms with Crippen LogP contribution >= 0.6 is 11.8 Å². The summed E-state index contributed by atoms with van der Waals surface area (Å²) < 4.78 is 5.33. The van der Waals surface area contributed by atoms with Gasteiger partial charge in [0.05, 0.1) is 6.10 Å². The van der Waals surface area contributed by atoms with E-state index in [-0.39, 0.29) is 6.10 Å². The van der Waals surface area contributed by atoms with Gasteiger partial charge in [-0.15, -0.1) is 11.8 Å².